The second-order valence-electron chi connectivity index (χ2n) is 3.46. The monoisotopic (exact) mass is 265 g/mol. The van der Waals surface area contributed by atoms with Crippen molar-refractivity contribution in [2.24, 2.45) is 0 Å². The lowest BCUT2D eigenvalue weighted by atomic mass is 10.3. The van der Waals surface area contributed by atoms with Gasteiger partial charge in [-0.15, -0.1) is 11.8 Å². The van der Waals surface area contributed by atoms with Gasteiger partial charge in [0.25, 0.3) is 0 Å². The zero-order chi connectivity index (χ0) is 12.3. The normalized spacial score (nSPS) is 10.5. The summed E-state index contributed by atoms with van der Waals surface area (Å²) in [6.45, 7) is 0. The molecular formula is C13H12FNS2. The Morgan fingerprint density at radius 2 is 1.65 bits per heavy atom. The molecule has 0 saturated carbocycles. The average molecular weight is 265 g/mol. The first-order valence-electron chi connectivity index (χ1n) is 5.06. The third kappa shape index (κ3) is 3.17. The standard InChI is InChI=1S/C13H12FNS2/c1-16-10-3-5-11(6-4-10)17-13-8-9(14)2-7-12(13)15/h2-8H,15H2,1H3. The summed E-state index contributed by atoms with van der Waals surface area (Å²) in [6, 6.07) is 12.5. The molecule has 0 aliphatic heterocycles. The van der Waals surface area contributed by atoms with Crippen molar-refractivity contribution in [1.29, 1.82) is 0 Å². The van der Waals surface area contributed by atoms with Gasteiger partial charge in [0.05, 0.1) is 0 Å². The number of nitrogen functional groups attached to an aromatic ring is 1. The van der Waals surface area contributed by atoms with Crippen molar-refractivity contribution < 1.29 is 4.39 Å². The fourth-order valence-corrected chi connectivity index (χ4v) is 2.66. The Balaban J connectivity index is 2.22. The molecule has 0 amide bonds. The molecule has 0 bridgehead atoms. The third-order valence-electron chi connectivity index (χ3n) is 2.26. The van der Waals surface area contributed by atoms with Crippen molar-refractivity contribution in [3.05, 3.63) is 48.3 Å². The fourth-order valence-electron chi connectivity index (χ4n) is 1.37. The minimum absolute atomic E-state index is 0.262. The van der Waals surface area contributed by atoms with Crippen molar-refractivity contribution in [1.82, 2.24) is 0 Å². The van der Waals surface area contributed by atoms with Gasteiger partial charge in [0.1, 0.15) is 5.82 Å². The SMILES string of the molecule is CSc1ccc(Sc2cc(F)ccc2N)cc1. The lowest BCUT2D eigenvalue weighted by Crippen LogP contribution is -1.89. The van der Waals surface area contributed by atoms with E-state index in [0.717, 1.165) is 9.79 Å². The molecule has 0 aliphatic carbocycles. The van der Waals surface area contributed by atoms with E-state index >= 15 is 0 Å². The molecular weight excluding hydrogens is 253 g/mol. The highest BCUT2D eigenvalue weighted by Gasteiger charge is 2.03. The fraction of sp³-hybridized carbons (Fsp3) is 0.0769. The van der Waals surface area contributed by atoms with E-state index in [2.05, 4.69) is 0 Å². The molecule has 0 aromatic heterocycles. The zero-order valence-corrected chi connectivity index (χ0v) is 10.9. The van der Waals surface area contributed by atoms with Gasteiger partial charge in [0.2, 0.25) is 0 Å². The van der Waals surface area contributed by atoms with Crippen LogP contribution in [0.25, 0.3) is 0 Å². The van der Waals surface area contributed by atoms with Crippen molar-refractivity contribution in [3.8, 4) is 0 Å². The highest BCUT2D eigenvalue weighted by atomic mass is 32.2. The molecule has 88 valence electrons. The van der Waals surface area contributed by atoms with Gasteiger partial charge < -0.3 is 5.73 Å². The van der Waals surface area contributed by atoms with Crippen LogP contribution in [0, 0.1) is 5.82 Å². The van der Waals surface area contributed by atoms with Gasteiger partial charge >= 0.3 is 0 Å². The Labute approximate surface area is 109 Å². The van der Waals surface area contributed by atoms with Crippen LogP contribution in [-0.4, -0.2) is 6.26 Å². The van der Waals surface area contributed by atoms with E-state index in [1.54, 1.807) is 17.8 Å². The first-order chi connectivity index (χ1) is 8.19. The minimum atomic E-state index is -0.262. The Morgan fingerprint density at radius 1 is 1.00 bits per heavy atom. The number of halogens is 1. The van der Waals surface area contributed by atoms with Crippen molar-refractivity contribution in [2.75, 3.05) is 12.0 Å². The zero-order valence-electron chi connectivity index (χ0n) is 9.31. The Kier molecular flexibility index (Phi) is 3.97. The molecule has 0 saturated heterocycles. The number of rotatable bonds is 3. The van der Waals surface area contributed by atoms with Gasteiger partial charge in [0, 0.05) is 20.4 Å². The lowest BCUT2D eigenvalue weighted by Gasteiger charge is -2.06. The maximum atomic E-state index is 13.1. The quantitative estimate of drug-likeness (QED) is 0.662. The van der Waals surface area contributed by atoms with Gasteiger partial charge in [-0.05, 0) is 48.7 Å². The van der Waals surface area contributed by atoms with E-state index in [1.807, 2.05) is 30.5 Å². The summed E-state index contributed by atoms with van der Waals surface area (Å²) in [5.74, 6) is -0.262. The molecule has 0 aliphatic rings. The topological polar surface area (TPSA) is 26.0 Å². The van der Waals surface area contributed by atoms with Crippen LogP contribution >= 0.6 is 23.5 Å². The summed E-state index contributed by atoms with van der Waals surface area (Å²) in [5.41, 5.74) is 6.40. The van der Waals surface area contributed by atoms with E-state index in [1.165, 1.54) is 28.8 Å². The largest absolute Gasteiger partial charge is 0.398 e. The molecule has 0 spiro atoms. The van der Waals surface area contributed by atoms with Crippen LogP contribution in [0.15, 0.2) is 57.2 Å². The van der Waals surface area contributed by atoms with Crippen LogP contribution in [0.5, 0.6) is 0 Å². The molecule has 4 heteroatoms. The molecule has 0 unspecified atom stereocenters. The summed E-state index contributed by atoms with van der Waals surface area (Å²) in [6.07, 6.45) is 2.03. The number of thioether (sulfide) groups is 1. The minimum Gasteiger partial charge on any atom is -0.398 e. The highest BCUT2D eigenvalue weighted by molar-refractivity contribution is 7.99. The number of hydrogen-bond donors (Lipinski definition) is 1. The Hall–Kier alpha value is -1.13. The van der Waals surface area contributed by atoms with Gasteiger partial charge in [-0.1, -0.05) is 11.8 Å². The number of anilines is 1. The molecule has 0 radical (unpaired) electrons. The Morgan fingerprint density at radius 3 is 2.29 bits per heavy atom. The number of hydrogen-bond acceptors (Lipinski definition) is 3. The molecule has 2 rings (SSSR count). The van der Waals surface area contributed by atoms with Crippen molar-refractivity contribution >= 4 is 29.2 Å². The summed E-state index contributed by atoms with van der Waals surface area (Å²) >= 11 is 3.17. The first-order valence-corrected chi connectivity index (χ1v) is 7.10. The summed E-state index contributed by atoms with van der Waals surface area (Å²) < 4.78 is 13.1. The van der Waals surface area contributed by atoms with Gasteiger partial charge in [0.15, 0.2) is 0 Å². The van der Waals surface area contributed by atoms with E-state index in [-0.39, 0.29) is 5.82 Å². The third-order valence-corrected chi connectivity index (χ3v) is 4.09. The predicted molar refractivity (Wildman–Crippen MR) is 73.2 cm³/mol. The molecule has 0 heterocycles. The average Bonchev–Trinajstić information content (AvgIpc) is 2.35. The van der Waals surface area contributed by atoms with E-state index < -0.39 is 0 Å². The van der Waals surface area contributed by atoms with Crippen molar-refractivity contribution in [3.63, 3.8) is 0 Å². The maximum absolute atomic E-state index is 13.1. The molecule has 2 N–H and O–H groups in total. The van der Waals surface area contributed by atoms with Gasteiger partial charge in [-0.2, -0.15) is 0 Å². The second kappa shape index (κ2) is 5.47. The predicted octanol–water partition coefficient (Wildman–Crippen LogP) is 4.28. The smallest absolute Gasteiger partial charge is 0.124 e. The van der Waals surface area contributed by atoms with Gasteiger partial charge in [-0.3, -0.25) is 0 Å². The molecule has 0 atom stereocenters. The number of nitrogens with two attached hydrogens (primary N) is 1. The van der Waals surface area contributed by atoms with E-state index in [9.17, 15) is 4.39 Å². The molecule has 2 aromatic carbocycles. The molecule has 17 heavy (non-hydrogen) atoms. The first kappa shape index (κ1) is 12.3. The van der Waals surface area contributed by atoms with Gasteiger partial charge in [-0.25, -0.2) is 4.39 Å². The second-order valence-corrected chi connectivity index (χ2v) is 5.45. The summed E-state index contributed by atoms with van der Waals surface area (Å²) in [4.78, 5) is 3.02. The van der Waals surface area contributed by atoms with Crippen LogP contribution in [-0.2, 0) is 0 Å². The van der Waals surface area contributed by atoms with Crippen LogP contribution in [0.4, 0.5) is 10.1 Å². The van der Waals surface area contributed by atoms with E-state index in [0.29, 0.717) is 5.69 Å². The molecule has 2 aromatic rings. The lowest BCUT2D eigenvalue weighted by molar-refractivity contribution is 0.624. The van der Waals surface area contributed by atoms with Crippen LogP contribution < -0.4 is 5.73 Å². The van der Waals surface area contributed by atoms with Crippen LogP contribution in [0.2, 0.25) is 0 Å². The summed E-state index contributed by atoms with van der Waals surface area (Å²) in [5, 5.41) is 0. The van der Waals surface area contributed by atoms with Crippen LogP contribution in [0.1, 0.15) is 0 Å². The number of benzene rings is 2. The van der Waals surface area contributed by atoms with E-state index in [4.69, 9.17) is 5.73 Å². The Bertz CT molecular complexity index is 511. The maximum Gasteiger partial charge on any atom is 0.124 e. The van der Waals surface area contributed by atoms with Crippen LogP contribution in [0.3, 0.4) is 0 Å². The summed E-state index contributed by atoms with van der Waals surface area (Å²) in [7, 11) is 0. The highest BCUT2D eigenvalue weighted by Crippen LogP contribution is 2.33. The molecule has 0 fully saturated rings. The molecule has 1 nitrogen and oxygen atoms in total. The van der Waals surface area contributed by atoms with Crippen molar-refractivity contribution in [2.45, 2.75) is 14.7 Å².